The van der Waals surface area contributed by atoms with Gasteiger partial charge in [-0.15, -0.1) is 0 Å². The molecule has 0 spiro atoms. The first kappa shape index (κ1) is 13.7. The van der Waals surface area contributed by atoms with E-state index in [2.05, 4.69) is 5.32 Å². The first-order valence-electron chi connectivity index (χ1n) is 4.76. The Hall–Kier alpha value is -0.290. The van der Waals surface area contributed by atoms with E-state index in [0.717, 1.165) is 6.42 Å². The van der Waals surface area contributed by atoms with Gasteiger partial charge in [0.25, 0.3) is 0 Å². The maximum atomic E-state index is 12.1. The fourth-order valence-corrected chi connectivity index (χ4v) is 1.52. The SMILES string of the molecule is CCC(NC)C(C)N(C)CC(F)(F)F. The molecule has 0 aliphatic carbocycles. The van der Waals surface area contributed by atoms with Gasteiger partial charge in [0.1, 0.15) is 0 Å². The summed E-state index contributed by atoms with van der Waals surface area (Å²) in [5, 5.41) is 3.01. The largest absolute Gasteiger partial charge is 0.401 e. The van der Waals surface area contributed by atoms with Crippen molar-refractivity contribution in [2.75, 3.05) is 20.6 Å². The Kier molecular flexibility index (Phi) is 5.44. The molecule has 0 bridgehead atoms. The Morgan fingerprint density at radius 3 is 2.14 bits per heavy atom. The first-order chi connectivity index (χ1) is 6.31. The normalized spacial score (nSPS) is 17.1. The molecule has 0 aromatic rings. The van der Waals surface area contributed by atoms with Crippen LogP contribution in [0.15, 0.2) is 0 Å². The molecule has 2 atom stereocenters. The zero-order chi connectivity index (χ0) is 11.4. The molecule has 0 fully saturated rings. The molecule has 1 N–H and O–H groups in total. The van der Waals surface area contributed by atoms with Crippen LogP contribution >= 0.6 is 0 Å². The first-order valence-corrected chi connectivity index (χ1v) is 4.76. The van der Waals surface area contributed by atoms with Crippen LogP contribution in [-0.2, 0) is 0 Å². The van der Waals surface area contributed by atoms with Gasteiger partial charge in [-0.2, -0.15) is 13.2 Å². The molecule has 0 aliphatic heterocycles. The van der Waals surface area contributed by atoms with Crippen LogP contribution in [0.5, 0.6) is 0 Å². The number of hydrogen-bond acceptors (Lipinski definition) is 2. The minimum Gasteiger partial charge on any atom is -0.315 e. The Balaban J connectivity index is 4.16. The summed E-state index contributed by atoms with van der Waals surface area (Å²) in [5.41, 5.74) is 0. The number of likely N-dealkylation sites (N-methyl/N-ethyl adjacent to an activating group) is 2. The smallest absolute Gasteiger partial charge is 0.315 e. The van der Waals surface area contributed by atoms with Crippen LogP contribution in [-0.4, -0.2) is 43.8 Å². The molecular weight excluding hydrogens is 193 g/mol. The number of nitrogens with zero attached hydrogens (tertiary/aromatic N) is 1. The van der Waals surface area contributed by atoms with Gasteiger partial charge in [-0.25, -0.2) is 0 Å². The molecule has 0 saturated heterocycles. The fourth-order valence-electron chi connectivity index (χ4n) is 1.52. The van der Waals surface area contributed by atoms with Crippen molar-refractivity contribution in [2.24, 2.45) is 0 Å². The van der Waals surface area contributed by atoms with Gasteiger partial charge in [0.2, 0.25) is 0 Å². The third-order valence-electron chi connectivity index (χ3n) is 2.52. The van der Waals surface area contributed by atoms with Crippen LogP contribution in [0.1, 0.15) is 20.3 Å². The lowest BCUT2D eigenvalue weighted by atomic mass is 10.1. The summed E-state index contributed by atoms with van der Waals surface area (Å²) in [6.45, 7) is 2.90. The highest BCUT2D eigenvalue weighted by Crippen LogP contribution is 2.18. The van der Waals surface area contributed by atoms with Crippen molar-refractivity contribution in [3.05, 3.63) is 0 Å². The van der Waals surface area contributed by atoms with Gasteiger partial charge in [-0.05, 0) is 27.4 Å². The van der Waals surface area contributed by atoms with Gasteiger partial charge in [0.15, 0.2) is 0 Å². The number of hydrogen-bond donors (Lipinski definition) is 1. The number of nitrogens with one attached hydrogen (secondary N) is 1. The van der Waals surface area contributed by atoms with Crippen LogP contribution in [0, 0.1) is 0 Å². The Morgan fingerprint density at radius 1 is 1.36 bits per heavy atom. The van der Waals surface area contributed by atoms with E-state index < -0.39 is 12.7 Å². The van der Waals surface area contributed by atoms with Crippen LogP contribution in [0.4, 0.5) is 13.2 Å². The second kappa shape index (κ2) is 5.56. The summed E-state index contributed by atoms with van der Waals surface area (Å²) >= 11 is 0. The van der Waals surface area contributed by atoms with Crippen molar-refractivity contribution in [3.8, 4) is 0 Å². The van der Waals surface area contributed by atoms with Crippen molar-refractivity contribution in [3.63, 3.8) is 0 Å². The number of halogens is 3. The average molecular weight is 212 g/mol. The fraction of sp³-hybridized carbons (Fsp3) is 1.00. The second-order valence-corrected chi connectivity index (χ2v) is 3.57. The molecule has 0 amide bonds. The maximum absolute atomic E-state index is 12.1. The summed E-state index contributed by atoms with van der Waals surface area (Å²) in [5.74, 6) is 0. The Morgan fingerprint density at radius 2 is 1.86 bits per heavy atom. The molecule has 0 heterocycles. The second-order valence-electron chi connectivity index (χ2n) is 3.57. The van der Waals surface area contributed by atoms with Crippen molar-refractivity contribution in [2.45, 2.75) is 38.5 Å². The minimum atomic E-state index is -4.12. The number of rotatable bonds is 5. The van der Waals surface area contributed by atoms with Gasteiger partial charge in [-0.1, -0.05) is 6.92 Å². The summed E-state index contributed by atoms with van der Waals surface area (Å²) in [7, 11) is 3.27. The molecule has 0 aliphatic rings. The molecule has 0 saturated carbocycles. The summed E-state index contributed by atoms with van der Waals surface area (Å²) in [6.07, 6.45) is -3.30. The Bertz CT molecular complexity index is 155. The highest BCUT2D eigenvalue weighted by atomic mass is 19.4. The molecule has 86 valence electrons. The lowest BCUT2D eigenvalue weighted by molar-refractivity contribution is -0.147. The summed E-state index contributed by atoms with van der Waals surface area (Å²) in [4.78, 5) is 1.32. The van der Waals surface area contributed by atoms with Crippen molar-refractivity contribution in [1.29, 1.82) is 0 Å². The highest BCUT2D eigenvalue weighted by molar-refractivity contribution is 4.78. The van der Waals surface area contributed by atoms with Crippen LogP contribution in [0.3, 0.4) is 0 Å². The zero-order valence-corrected chi connectivity index (χ0v) is 9.15. The molecule has 5 heteroatoms. The quantitative estimate of drug-likeness (QED) is 0.748. The maximum Gasteiger partial charge on any atom is 0.401 e. The zero-order valence-electron chi connectivity index (χ0n) is 9.15. The molecule has 14 heavy (non-hydrogen) atoms. The average Bonchev–Trinajstić information content (AvgIpc) is 2.03. The lowest BCUT2D eigenvalue weighted by Gasteiger charge is -2.31. The molecular formula is C9H19F3N2. The minimum absolute atomic E-state index is 0.0994. The number of alkyl halides is 3. The third-order valence-corrected chi connectivity index (χ3v) is 2.52. The molecule has 0 aromatic heterocycles. The van der Waals surface area contributed by atoms with Gasteiger partial charge >= 0.3 is 6.18 Å². The molecule has 0 rings (SSSR count). The van der Waals surface area contributed by atoms with E-state index in [9.17, 15) is 13.2 Å². The molecule has 2 unspecified atom stereocenters. The van der Waals surface area contributed by atoms with Gasteiger partial charge in [0, 0.05) is 12.1 Å². The third kappa shape index (κ3) is 4.81. The van der Waals surface area contributed by atoms with E-state index in [-0.39, 0.29) is 12.1 Å². The van der Waals surface area contributed by atoms with Crippen molar-refractivity contribution in [1.82, 2.24) is 10.2 Å². The van der Waals surface area contributed by atoms with E-state index in [0.29, 0.717) is 0 Å². The summed E-state index contributed by atoms with van der Waals surface area (Å²) in [6, 6.07) is -0.0195. The summed E-state index contributed by atoms with van der Waals surface area (Å²) < 4.78 is 36.2. The molecule has 0 radical (unpaired) electrons. The Labute approximate surface area is 83.5 Å². The van der Waals surface area contributed by atoms with Gasteiger partial charge < -0.3 is 5.32 Å². The van der Waals surface area contributed by atoms with Crippen LogP contribution in [0.25, 0.3) is 0 Å². The van der Waals surface area contributed by atoms with Gasteiger partial charge in [0.05, 0.1) is 6.54 Å². The predicted octanol–water partition coefficient (Wildman–Crippen LogP) is 1.87. The topological polar surface area (TPSA) is 15.3 Å². The van der Waals surface area contributed by atoms with E-state index in [4.69, 9.17) is 0 Å². The lowest BCUT2D eigenvalue weighted by Crippen LogP contribution is -2.48. The standard InChI is InChI=1S/C9H19F3N2/c1-5-8(13-3)7(2)14(4)6-9(10,11)12/h7-8,13H,5-6H2,1-4H3. The van der Waals surface area contributed by atoms with Crippen molar-refractivity contribution >= 4 is 0 Å². The van der Waals surface area contributed by atoms with E-state index >= 15 is 0 Å². The predicted molar refractivity (Wildman–Crippen MR) is 51.3 cm³/mol. The van der Waals surface area contributed by atoms with Crippen molar-refractivity contribution < 1.29 is 13.2 Å². The van der Waals surface area contributed by atoms with Crippen LogP contribution < -0.4 is 5.32 Å². The molecule has 2 nitrogen and oxygen atoms in total. The van der Waals surface area contributed by atoms with E-state index in [1.807, 2.05) is 6.92 Å². The van der Waals surface area contributed by atoms with E-state index in [1.165, 1.54) is 11.9 Å². The monoisotopic (exact) mass is 212 g/mol. The molecule has 0 aromatic carbocycles. The van der Waals surface area contributed by atoms with Crippen LogP contribution in [0.2, 0.25) is 0 Å². The highest BCUT2D eigenvalue weighted by Gasteiger charge is 2.32. The van der Waals surface area contributed by atoms with Gasteiger partial charge in [-0.3, -0.25) is 4.90 Å². The van der Waals surface area contributed by atoms with E-state index in [1.54, 1.807) is 14.0 Å².